The molecule has 0 aromatic heterocycles. The summed E-state index contributed by atoms with van der Waals surface area (Å²) in [6.45, 7) is 0. The maximum absolute atomic E-state index is 10.6. The Bertz CT molecular complexity index is 336. The number of carbonyl (C=O) groups is 1. The second-order valence-electron chi connectivity index (χ2n) is 3.78. The molecule has 0 bridgehead atoms. The lowest BCUT2D eigenvalue weighted by Gasteiger charge is -2.04. The normalized spacial score (nSPS) is 26.9. The molecule has 3 nitrogen and oxygen atoms in total. The molecule has 0 spiro atoms. The van der Waals surface area contributed by atoms with Crippen LogP contribution in [0.3, 0.4) is 0 Å². The third kappa shape index (κ3) is 1.63. The number of hydrogen-bond donors (Lipinski definition) is 2. The quantitative estimate of drug-likeness (QED) is 0.754. The van der Waals surface area contributed by atoms with E-state index in [1.165, 1.54) is 5.56 Å². The van der Waals surface area contributed by atoms with Gasteiger partial charge in [-0.05, 0) is 23.8 Å². The van der Waals surface area contributed by atoms with Crippen molar-refractivity contribution in [3.8, 4) is 0 Å². The van der Waals surface area contributed by atoms with Crippen LogP contribution in [0.4, 0.5) is 0 Å². The largest absolute Gasteiger partial charge is 0.480 e. The van der Waals surface area contributed by atoms with Crippen LogP contribution in [-0.2, 0) is 4.79 Å². The van der Waals surface area contributed by atoms with Crippen LogP contribution in [0.5, 0.6) is 0 Å². The zero-order valence-corrected chi connectivity index (χ0v) is 7.76. The molecular formula is C11H13NO2. The van der Waals surface area contributed by atoms with Gasteiger partial charge in [0, 0.05) is 0 Å². The zero-order valence-electron chi connectivity index (χ0n) is 7.76. The summed E-state index contributed by atoms with van der Waals surface area (Å²) in [6, 6.07) is 9.24. The fourth-order valence-corrected chi connectivity index (χ4v) is 1.88. The molecule has 3 atom stereocenters. The van der Waals surface area contributed by atoms with Crippen LogP contribution in [0, 0.1) is 5.92 Å². The molecule has 3 N–H and O–H groups in total. The minimum absolute atomic E-state index is 0.120. The van der Waals surface area contributed by atoms with E-state index in [-0.39, 0.29) is 5.92 Å². The molecule has 74 valence electrons. The lowest BCUT2D eigenvalue weighted by Crippen LogP contribution is -2.32. The van der Waals surface area contributed by atoms with Crippen LogP contribution in [0.2, 0.25) is 0 Å². The van der Waals surface area contributed by atoms with Crippen LogP contribution in [0.25, 0.3) is 0 Å². The Labute approximate surface area is 82.5 Å². The first-order valence-electron chi connectivity index (χ1n) is 4.73. The fraction of sp³-hybridized carbons (Fsp3) is 0.364. The second kappa shape index (κ2) is 3.42. The molecule has 1 aromatic carbocycles. The molecule has 0 radical (unpaired) electrons. The van der Waals surface area contributed by atoms with Crippen LogP contribution >= 0.6 is 0 Å². The first kappa shape index (κ1) is 9.21. The first-order valence-corrected chi connectivity index (χ1v) is 4.73. The molecule has 3 heteroatoms. The molecule has 1 aromatic rings. The van der Waals surface area contributed by atoms with Crippen molar-refractivity contribution in [2.75, 3.05) is 0 Å². The van der Waals surface area contributed by atoms with E-state index in [1.807, 2.05) is 30.3 Å². The van der Waals surface area contributed by atoms with Crippen LogP contribution < -0.4 is 5.73 Å². The van der Waals surface area contributed by atoms with E-state index >= 15 is 0 Å². The number of benzene rings is 1. The van der Waals surface area contributed by atoms with Gasteiger partial charge in [-0.3, -0.25) is 4.79 Å². The van der Waals surface area contributed by atoms with Gasteiger partial charge in [0.25, 0.3) is 0 Å². The summed E-state index contributed by atoms with van der Waals surface area (Å²) in [5.41, 5.74) is 6.75. The maximum Gasteiger partial charge on any atom is 0.320 e. The number of nitrogens with two attached hydrogens (primary N) is 1. The summed E-state index contributed by atoms with van der Waals surface area (Å²) in [7, 11) is 0. The molecule has 1 aliphatic rings. The van der Waals surface area contributed by atoms with Crippen LogP contribution in [0.1, 0.15) is 17.9 Å². The average Bonchev–Trinajstić information content (AvgIpc) is 2.97. The first-order chi connectivity index (χ1) is 6.70. The lowest BCUT2D eigenvalue weighted by atomic mass is 10.1. The van der Waals surface area contributed by atoms with Gasteiger partial charge in [-0.1, -0.05) is 30.3 Å². The molecule has 2 rings (SSSR count). The SMILES string of the molecule is N[C@H](C(=O)O)[C@@H]1C[C@H]1c1ccccc1. The van der Waals surface area contributed by atoms with E-state index in [0.717, 1.165) is 6.42 Å². The van der Waals surface area contributed by atoms with Gasteiger partial charge >= 0.3 is 5.97 Å². The monoisotopic (exact) mass is 191 g/mol. The summed E-state index contributed by atoms with van der Waals surface area (Å²) in [4.78, 5) is 10.6. The lowest BCUT2D eigenvalue weighted by molar-refractivity contribution is -0.139. The van der Waals surface area contributed by atoms with Gasteiger partial charge in [-0.15, -0.1) is 0 Å². The molecule has 1 aliphatic carbocycles. The molecule has 0 heterocycles. The topological polar surface area (TPSA) is 63.3 Å². The van der Waals surface area contributed by atoms with Crippen LogP contribution in [0.15, 0.2) is 30.3 Å². The van der Waals surface area contributed by atoms with E-state index < -0.39 is 12.0 Å². The summed E-state index contributed by atoms with van der Waals surface area (Å²) < 4.78 is 0. The molecule has 14 heavy (non-hydrogen) atoms. The fourth-order valence-electron chi connectivity index (χ4n) is 1.88. The Morgan fingerprint density at radius 1 is 1.43 bits per heavy atom. The molecule has 1 saturated carbocycles. The minimum atomic E-state index is -0.895. The Kier molecular flexibility index (Phi) is 2.25. The Balaban J connectivity index is 2.03. The van der Waals surface area contributed by atoms with Crippen molar-refractivity contribution in [1.29, 1.82) is 0 Å². The van der Waals surface area contributed by atoms with Crippen molar-refractivity contribution in [3.05, 3.63) is 35.9 Å². The van der Waals surface area contributed by atoms with Gasteiger partial charge in [0.05, 0.1) is 0 Å². The number of carboxylic acids is 1. The third-order valence-corrected chi connectivity index (χ3v) is 2.81. The Hall–Kier alpha value is -1.35. The summed E-state index contributed by atoms with van der Waals surface area (Å²) in [5, 5.41) is 8.73. The smallest absolute Gasteiger partial charge is 0.320 e. The van der Waals surface area contributed by atoms with E-state index in [2.05, 4.69) is 0 Å². The second-order valence-corrected chi connectivity index (χ2v) is 3.78. The number of aliphatic carboxylic acids is 1. The highest BCUT2D eigenvalue weighted by Gasteiger charge is 2.45. The highest BCUT2D eigenvalue weighted by atomic mass is 16.4. The predicted octanol–water partition coefficient (Wildman–Crippen LogP) is 1.20. The van der Waals surface area contributed by atoms with E-state index in [9.17, 15) is 4.79 Å². The van der Waals surface area contributed by atoms with Gasteiger partial charge in [-0.25, -0.2) is 0 Å². The number of rotatable bonds is 3. The van der Waals surface area contributed by atoms with Gasteiger partial charge < -0.3 is 10.8 Å². The molecular weight excluding hydrogens is 178 g/mol. The zero-order chi connectivity index (χ0) is 10.1. The maximum atomic E-state index is 10.6. The third-order valence-electron chi connectivity index (χ3n) is 2.81. The van der Waals surface area contributed by atoms with E-state index in [0.29, 0.717) is 5.92 Å². The summed E-state index contributed by atoms with van der Waals surface area (Å²) in [6.07, 6.45) is 0.900. The molecule has 0 amide bonds. The molecule has 1 fully saturated rings. The van der Waals surface area contributed by atoms with E-state index in [1.54, 1.807) is 0 Å². The van der Waals surface area contributed by atoms with Crippen molar-refractivity contribution in [2.45, 2.75) is 18.4 Å². The minimum Gasteiger partial charge on any atom is -0.480 e. The Morgan fingerprint density at radius 3 is 2.64 bits per heavy atom. The van der Waals surface area contributed by atoms with Crippen molar-refractivity contribution in [1.82, 2.24) is 0 Å². The highest BCUT2D eigenvalue weighted by Crippen LogP contribution is 2.48. The highest BCUT2D eigenvalue weighted by molar-refractivity contribution is 5.74. The van der Waals surface area contributed by atoms with Crippen molar-refractivity contribution in [3.63, 3.8) is 0 Å². The average molecular weight is 191 g/mol. The van der Waals surface area contributed by atoms with Gasteiger partial charge in [0.1, 0.15) is 6.04 Å². The van der Waals surface area contributed by atoms with Crippen molar-refractivity contribution < 1.29 is 9.90 Å². The summed E-state index contributed by atoms with van der Waals surface area (Å²) >= 11 is 0. The van der Waals surface area contributed by atoms with Crippen LogP contribution in [-0.4, -0.2) is 17.1 Å². The summed E-state index contributed by atoms with van der Waals surface area (Å²) in [5.74, 6) is -0.425. The van der Waals surface area contributed by atoms with Crippen molar-refractivity contribution >= 4 is 5.97 Å². The Morgan fingerprint density at radius 2 is 2.07 bits per heavy atom. The standard InChI is InChI=1S/C11H13NO2/c12-10(11(13)14)9-6-8(9)7-4-2-1-3-5-7/h1-5,8-10H,6,12H2,(H,13,14)/t8-,9+,10-/m0/s1. The predicted molar refractivity (Wildman–Crippen MR) is 52.9 cm³/mol. The van der Waals surface area contributed by atoms with Gasteiger partial charge in [0.2, 0.25) is 0 Å². The number of hydrogen-bond acceptors (Lipinski definition) is 2. The van der Waals surface area contributed by atoms with Gasteiger partial charge in [0.15, 0.2) is 0 Å². The molecule has 0 saturated heterocycles. The molecule has 0 aliphatic heterocycles. The van der Waals surface area contributed by atoms with Crippen molar-refractivity contribution in [2.24, 2.45) is 11.7 Å². The number of carboxylic acid groups (broad SMARTS) is 1. The van der Waals surface area contributed by atoms with Gasteiger partial charge in [-0.2, -0.15) is 0 Å². The van der Waals surface area contributed by atoms with E-state index in [4.69, 9.17) is 10.8 Å². The molecule has 0 unspecified atom stereocenters.